The minimum atomic E-state index is -0.00946. The maximum Gasteiger partial charge on any atom is 0.246 e. The van der Waals surface area contributed by atoms with Crippen LogP contribution in [0.2, 0.25) is 0 Å². The molecule has 0 bridgehead atoms. The predicted octanol–water partition coefficient (Wildman–Crippen LogP) is 3.90. The van der Waals surface area contributed by atoms with Crippen molar-refractivity contribution in [1.29, 1.82) is 0 Å². The Hall–Kier alpha value is -2.62. The van der Waals surface area contributed by atoms with Gasteiger partial charge < -0.3 is 9.64 Å². The van der Waals surface area contributed by atoms with Crippen molar-refractivity contribution in [3.8, 4) is 11.5 Å². The summed E-state index contributed by atoms with van der Waals surface area (Å²) >= 11 is 0. The summed E-state index contributed by atoms with van der Waals surface area (Å²) in [6, 6.07) is 9.81. The average Bonchev–Trinajstić information content (AvgIpc) is 2.61. The second-order valence-electron chi connectivity index (χ2n) is 5.68. The Kier molecular flexibility index (Phi) is 4.42. The third-order valence-corrected chi connectivity index (χ3v) is 4.21. The van der Waals surface area contributed by atoms with Gasteiger partial charge in [-0.05, 0) is 47.9 Å². The fraction of sp³-hybridized carbons (Fsp3) is 0.263. The first-order valence-corrected chi connectivity index (χ1v) is 7.83. The number of hydrogen-bond acceptors (Lipinski definition) is 3. The van der Waals surface area contributed by atoms with Crippen LogP contribution in [0.1, 0.15) is 30.4 Å². The molecule has 1 aromatic heterocycles. The molecule has 2 heterocycles. The number of pyridine rings is 1. The molecule has 0 aliphatic carbocycles. The lowest BCUT2D eigenvalue weighted by molar-refractivity contribution is -0.127. The van der Waals surface area contributed by atoms with E-state index in [9.17, 15) is 4.79 Å². The minimum absolute atomic E-state index is 0.00946. The highest BCUT2D eigenvalue weighted by atomic mass is 16.5. The summed E-state index contributed by atoms with van der Waals surface area (Å²) in [5.41, 5.74) is 2.44. The van der Waals surface area contributed by atoms with Gasteiger partial charge in [0.15, 0.2) is 0 Å². The van der Waals surface area contributed by atoms with Gasteiger partial charge in [-0.25, -0.2) is 0 Å². The molecule has 2 aromatic rings. The highest BCUT2D eigenvalue weighted by molar-refractivity contribution is 5.87. The molecule has 3 rings (SSSR count). The Bertz CT molecular complexity index is 713. The molecule has 0 saturated heterocycles. The van der Waals surface area contributed by atoms with Gasteiger partial charge in [0.05, 0.1) is 6.20 Å². The van der Waals surface area contributed by atoms with Crippen molar-refractivity contribution in [3.63, 3.8) is 0 Å². The van der Waals surface area contributed by atoms with Gasteiger partial charge in [0, 0.05) is 25.2 Å². The molecule has 0 N–H and O–H groups in total. The summed E-state index contributed by atoms with van der Waals surface area (Å²) in [5, 5.41) is 0. The lowest BCUT2D eigenvalue weighted by atomic mass is 9.87. The Labute approximate surface area is 136 Å². The zero-order valence-electron chi connectivity index (χ0n) is 13.2. The quantitative estimate of drug-likeness (QED) is 0.805. The van der Waals surface area contributed by atoms with Crippen LogP contribution in [-0.2, 0) is 11.3 Å². The molecule has 23 heavy (non-hydrogen) atoms. The number of aromatic nitrogens is 1. The number of amides is 1. The highest BCUT2D eigenvalue weighted by Gasteiger charge is 2.26. The Balaban J connectivity index is 1.87. The van der Waals surface area contributed by atoms with Gasteiger partial charge in [-0.1, -0.05) is 19.6 Å². The predicted molar refractivity (Wildman–Crippen MR) is 89.4 cm³/mol. The normalized spacial score (nSPS) is 16.6. The van der Waals surface area contributed by atoms with Gasteiger partial charge in [0.1, 0.15) is 11.5 Å². The van der Waals surface area contributed by atoms with Crippen LogP contribution in [0.25, 0.3) is 0 Å². The van der Waals surface area contributed by atoms with Crippen LogP contribution in [0.5, 0.6) is 11.5 Å². The third kappa shape index (κ3) is 3.26. The summed E-state index contributed by atoms with van der Waals surface area (Å²) in [4.78, 5) is 17.8. The third-order valence-electron chi connectivity index (χ3n) is 4.21. The molecule has 118 valence electrons. The molecule has 0 radical (unpaired) electrons. The Morgan fingerprint density at radius 1 is 1.43 bits per heavy atom. The summed E-state index contributed by atoms with van der Waals surface area (Å²) in [7, 11) is 0. The van der Waals surface area contributed by atoms with Crippen LogP contribution in [0.15, 0.2) is 55.4 Å². The monoisotopic (exact) mass is 308 g/mol. The average molecular weight is 308 g/mol. The van der Waals surface area contributed by atoms with E-state index in [0.29, 0.717) is 12.5 Å². The molecule has 1 aliphatic rings. The van der Waals surface area contributed by atoms with Gasteiger partial charge in [-0.2, -0.15) is 0 Å². The molecular formula is C19H20N2O2. The van der Waals surface area contributed by atoms with Crippen LogP contribution >= 0.6 is 0 Å². The van der Waals surface area contributed by atoms with E-state index in [2.05, 4.69) is 24.6 Å². The zero-order valence-corrected chi connectivity index (χ0v) is 13.2. The first kappa shape index (κ1) is 15.3. The summed E-state index contributed by atoms with van der Waals surface area (Å²) in [6.45, 7) is 7.09. The van der Waals surface area contributed by atoms with E-state index in [0.717, 1.165) is 24.5 Å². The smallest absolute Gasteiger partial charge is 0.246 e. The molecule has 0 unspecified atom stereocenters. The second-order valence-corrected chi connectivity index (χ2v) is 5.68. The van der Waals surface area contributed by atoms with Gasteiger partial charge >= 0.3 is 0 Å². The molecular weight excluding hydrogens is 288 g/mol. The minimum Gasteiger partial charge on any atom is -0.456 e. The number of ether oxygens (including phenoxy) is 1. The standard InChI is InChI=1S/C19H20N2O2/c1-3-14-12-21(19(22)4-2)13-15-7-8-16(10-18(14)15)23-17-6-5-9-20-11-17/h4-11,14H,2-3,12-13H2,1H3/t14-/m1/s1. The lowest BCUT2D eigenvalue weighted by Gasteiger charge is -2.34. The number of fused-ring (bicyclic) bond motifs is 1. The SMILES string of the molecule is C=CC(=O)N1Cc2ccc(Oc3cccnc3)cc2[C@H](CC)C1. The molecule has 1 amide bonds. The number of benzene rings is 1. The van der Waals surface area contributed by atoms with Gasteiger partial charge in [0.25, 0.3) is 0 Å². The lowest BCUT2D eigenvalue weighted by Crippen LogP contribution is -2.37. The van der Waals surface area contributed by atoms with E-state index in [1.807, 2.05) is 29.2 Å². The van der Waals surface area contributed by atoms with Crippen LogP contribution in [0.4, 0.5) is 0 Å². The second kappa shape index (κ2) is 6.65. The largest absolute Gasteiger partial charge is 0.456 e. The van der Waals surface area contributed by atoms with Crippen LogP contribution in [-0.4, -0.2) is 22.3 Å². The van der Waals surface area contributed by atoms with Crippen LogP contribution in [0, 0.1) is 0 Å². The Morgan fingerprint density at radius 3 is 3.00 bits per heavy atom. The summed E-state index contributed by atoms with van der Waals surface area (Å²) in [5.74, 6) is 1.84. The maximum absolute atomic E-state index is 11.9. The van der Waals surface area contributed by atoms with Crippen molar-refractivity contribution in [1.82, 2.24) is 9.88 Å². The molecule has 1 aliphatic heterocycles. The van der Waals surface area contributed by atoms with Crippen molar-refractivity contribution in [2.24, 2.45) is 0 Å². The number of carbonyl (C=O) groups is 1. The molecule has 4 heteroatoms. The van der Waals surface area contributed by atoms with Gasteiger partial charge in [-0.3, -0.25) is 9.78 Å². The topological polar surface area (TPSA) is 42.4 Å². The van der Waals surface area contributed by atoms with E-state index < -0.39 is 0 Å². The van der Waals surface area contributed by atoms with Crippen molar-refractivity contribution >= 4 is 5.91 Å². The molecule has 0 saturated carbocycles. The van der Waals surface area contributed by atoms with Crippen LogP contribution < -0.4 is 4.74 Å². The zero-order chi connectivity index (χ0) is 16.2. The van der Waals surface area contributed by atoms with Crippen molar-refractivity contribution < 1.29 is 9.53 Å². The number of nitrogens with zero attached hydrogens (tertiary/aromatic N) is 2. The number of hydrogen-bond donors (Lipinski definition) is 0. The summed E-state index contributed by atoms with van der Waals surface area (Å²) in [6.07, 6.45) is 5.78. The van der Waals surface area contributed by atoms with Crippen molar-refractivity contribution in [2.75, 3.05) is 6.54 Å². The first-order chi connectivity index (χ1) is 11.2. The highest BCUT2D eigenvalue weighted by Crippen LogP contribution is 2.34. The molecule has 4 nitrogen and oxygen atoms in total. The van der Waals surface area contributed by atoms with Gasteiger partial charge in [-0.15, -0.1) is 0 Å². The van der Waals surface area contributed by atoms with E-state index >= 15 is 0 Å². The van der Waals surface area contributed by atoms with Gasteiger partial charge in [0.2, 0.25) is 5.91 Å². The maximum atomic E-state index is 11.9. The molecule has 0 fully saturated rings. The molecule has 1 atom stereocenters. The van der Waals surface area contributed by atoms with E-state index in [1.54, 1.807) is 12.4 Å². The molecule has 1 aromatic carbocycles. The fourth-order valence-corrected chi connectivity index (χ4v) is 2.98. The van der Waals surface area contributed by atoms with Crippen molar-refractivity contribution in [2.45, 2.75) is 25.8 Å². The first-order valence-electron chi connectivity index (χ1n) is 7.83. The van der Waals surface area contributed by atoms with E-state index in [4.69, 9.17) is 4.74 Å². The Morgan fingerprint density at radius 2 is 2.30 bits per heavy atom. The summed E-state index contributed by atoms with van der Waals surface area (Å²) < 4.78 is 5.87. The number of carbonyl (C=O) groups excluding carboxylic acids is 1. The van der Waals surface area contributed by atoms with E-state index in [1.165, 1.54) is 17.2 Å². The van der Waals surface area contributed by atoms with Crippen molar-refractivity contribution in [3.05, 3.63) is 66.5 Å². The van der Waals surface area contributed by atoms with Crippen LogP contribution in [0.3, 0.4) is 0 Å². The van der Waals surface area contributed by atoms with E-state index in [-0.39, 0.29) is 5.91 Å². The molecule has 0 spiro atoms. The fourth-order valence-electron chi connectivity index (χ4n) is 2.98. The number of rotatable bonds is 4.